The van der Waals surface area contributed by atoms with Crippen LogP contribution in [0.1, 0.15) is 31.8 Å². The SMILES string of the molecule is Cc1ccccc1OCOCCOC(=O)c1ccc(OCOCCOC(=O)c2ccccc2C)cc1. The Bertz CT molecular complexity index is 1110. The van der Waals surface area contributed by atoms with Crippen molar-refractivity contribution in [3.05, 3.63) is 95.1 Å². The monoisotopic (exact) mass is 494 g/mol. The highest BCUT2D eigenvalue weighted by Crippen LogP contribution is 2.16. The van der Waals surface area contributed by atoms with Gasteiger partial charge in [-0.25, -0.2) is 9.59 Å². The number of carbonyl (C=O) groups is 2. The van der Waals surface area contributed by atoms with Crippen molar-refractivity contribution in [2.75, 3.05) is 40.0 Å². The van der Waals surface area contributed by atoms with E-state index < -0.39 is 5.97 Å². The fourth-order valence-electron chi connectivity index (χ4n) is 3.09. The van der Waals surface area contributed by atoms with Crippen LogP contribution in [0.4, 0.5) is 0 Å². The molecule has 0 fully saturated rings. The van der Waals surface area contributed by atoms with E-state index in [0.717, 1.165) is 16.9 Å². The normalized spacial score (nSPS) is 10.5. The van der Waals surface area contributed by atoms with Gasteiger partial charge in [-0.2, -0.15) is 0 Å². The molecular weight excluding hydrogens is 464 g/mol. The Labute approximate surface area is 210 Å². The molecule has 0 unspecified atom stereocenters. The lowest BCUT2D eigenvalue weighted by Gasteiger charge is -2.10. The van der Waals surface area contributed by atoms with Gasteiger partial charge < -0.3 is 28.4 Å². The van der Waals surface area contributed by atoms with Gasteiger partial charge in [0, 0.05) is 0 Å². The van der Waals surface area contributed by atoms with Crippen molar-refractivity contribution in [1.29, 1.82) is 0 Å². The van der Waals surface area contributed by atoms with Crippen LogP contribution in [0.25, 0.3) is 0 Å². The second-order valence-corrected chi connectivity index (χ2v) is 7.72. The molecule has 0 amide bonds. The van der Waals surface area contributed by atoms with Crippen molar-refractivity contribution in [3.8, 4) is 11.5 Å². The molecule has 0 aliphatic heterocycles. The van der Waals surface area contributed by atoms with E-state index in [-0.39, 0.29) is 46.0 Å². The predicted octanol–water partition coefficient (Wildman–Crippen LogP) is 4.72. The highest BCUT2D eigenvalue weighted by atomic mass is 16.7. The average molecular weight is 495 g/mol. The van der Waals surface area contributed by atoms with E-state index in [1.54, 1.807) is 36.4 Å². The number of para-hydroxylation sites is 1. The molecule has 0 aliphatic carbocycles. The van der Waals surface area contributed by atoms with Crippen molar-refractivity contribution >= 4 is 11.9 Å². The lowest BCUT2D eigenvalue weighted by Crippen LogP contribution is -2.14. The zero-order chi connectivity index (χ0) is 25.6. The maximum atomic E-state index is 12.1. The fourth-order valence-corrected chi connectivity index (χ4v) is 3.09. The Morgan fingerprint density at radius 2 is 1.19 bits per heavy atom. The average Bonchev–Trinajstić information content (AvgIpc) is 2.89. The van der Waals surface area contributed by atoms with Crippen molar-refractivity contribution in [2.24, 2.45) is 0 Å². The number of rotatable bonds is 14. The summed E-state index contributed by atoms with van der Waals surface area (Å²) in [5.41, 5.74) is 2.80. The van der Waals surface area contributed by atoms with E-state index >= 15 is 0 Å². The van der Waals surface area contributed by atoms with Gasteiger partial charge in [0.1, 0.15) is 24.7 Å². The lowest BCUT2D eigenvalue weighted by molar-refractivity contribution is -0.0122. The summed E-state index contributed by atoms with van der Waals surface area (Å²) in [7, 11) is 0. The number of hydrogen-bond acceptors (Lipinski definition) is 8. The van der Waals surface area contributed by atoms with Crippen LogP contribution in [0, 0.1) is 13.8 Å². The van der Waals surface area contributed by atoms with Crippen LogP contribution >= 0.6 is 0 Å². The molecule has 3 rings (SSSR count). The lowest BCUT2D eigenvalue weighted by atomic mass is 10.1. The molecule has 0 bridgehead atoms. The van der Waals surface area contributed by atoms with Gasteiger partial charge in [-0.05, 0) is 61.4 Å². The van der Waals surface area contributed by atoms with Crippen molar-refractivity contribution in [3.63, 3.8) is 0 Å². The summed E-state index contributed by atoms with van der Waals surface area (Å²) in [6, 6.07) is 21.4. The third kappa shape index (κ3) is 8.72. The molecule has 3 aromatic rings. The van der Waals surface area contributed by atoms with Gasteiger partial charge in [0.15, 0.2) is 13.6 Å². The van der Waals surface area contributed by atoms with Gasteiger partial charge in [0.05, 0.1) is 24.3 Å². The molecule has 0 aliphatic rings. The van der Waals surface area contributed by atoms with E-state index in [0.29, 0.717) is 16.9 Å². The number of hydrogen-bond donors (Lipinski definition) is 0. The largest absolute Gasteiger partial charge is 0.468 e. The molecule has 8 heteroatoms. The van der Waals surface area contributed by atoms with Crippen LogP contribution in [0.5, 0.6) is 11.5 Å². The Morgan fingerprint density at radius 1 is 0.611 bits per heavy atom. The molecular formula is C28H30O8. The number of carbonyl (C=O) groups excluding carboxylic acids is 2. The van der Waals surface area contributed by atoms with Crippen LogP contribution in [0.15, 0.2) is 72.8 Å². The Morgan fingerprint density at radius 3 is 1.86 bits per heavy atom. The summed E-state index contributed by atoms with van der Waals surface area (Å²) in [5, 5.41) is 0. The van der Waals surface area contributed by atoms with E-state index in [2.05, 4.69) is 0 Å². The quantitative estimate of drug-likeness (QED) is 0.181. The first-order valence-electron chi connectivity index (χ1n) is 11.5. The molecule has 0 atom stereocenters. The number of benzene rings is 3. The van der Waals surface area contributed by atoms with Crippen LogP contribution in [0.3, 0.4) is 0 Å². The predicted molar refractivity (Wildman–Crippen MR) is 132 cm³/mol. The van der Waals surface area contributed by atoms with E-state index in [1.807, 2.05) is 50.2 Å². The molecule has 0 aromatic heterocycles. The summed E-state index contributed by atoms with van der Waals surface area (Å²) >= 11 is 0. The molecule has 190 valence electrons. The minimum atomic E-state index is -0.461. The summed E-state index contributed by atoms with van der Waals surface area (Å²) in [5.74, 6) is 0.433. The topological polar surface area (TPSA) is 89.5 Å². The maximum Gasteiger partial charge on any atom is 0.338 e. The second kappa shape index (κ2) is 14.5. The number of aryl methyl sites for hydroxylation is 2. The molecule has 0 saturated heterocycles. The van der Waals surface area contributed by atoms with Crippen LogP contribution in [-0.4, -0.2) is 52.0 Å². The minimum absolute atomic E-state index is 0.0202. The Balaban J connectivity index is 1.24. The smallest absolute Gasteiger partial charge is 0.338 e. The molecule has 0 heterocycles. The van der Waals surface area contributed by atoms with Crippen LogP contribution < -0.4 is 9.47 Å². The van der Waals surface area contributed by atoms with E-state index in [1.165, 1.54) is 0 Å². The molecule has 0 saturated carbocycles. The second-order valence-electron chi connectivity index (χ2n) is 7.72. The van der Waals surface area contributed by atoms with Crippen LogP contribution in [-0.2, 0) is 18.9 Å². The highest BCUT2D eigenvalue weighted by molar-refractivity contribution is 5.91. The van der Waals surface area contributed by atoms with Gasteiger partial charge in [0.25, 0.3) is 0 Å². The minimum Gasteiger partial charge on any atom is -0.468 e. The van der Waals surface area contributed by atoms with Crippen molar-refractivity contribution in [1.82, 2.24) is 0 Å². The molecule has 36 heavy (non-hydrogen) atoms. The van der Waals surface area contributed by atoms with Gasteiger partial charge in [0.2, 0.25) is 0 Å². The molecule has 0 radical (unpaired) electrons. The Kier molecular flexibility index (Phi) is 10.8. The third-order valence-corrected chi connectivity index (χ3v) is 5.08. The standard InChI is InChI=1S/C28H30O8/c1-21-7-3-5-9-25(21)28(30)34-18-16-31-19-35-24-13-11-23(12-14-24)27(29)33-17-15-32-20-36-26-10-6-4-8-22(26)2/h3-14H,15-20H2,1-2H3. The zero-order valence-corrected chi connectivity index (χ0v) is 20.4. The highest BCUT2D eigenvalue weighted by Gasteiger charge is 2.10. The molecule has 0 N–H and O–H groups in total. The molecule has 8 nitrogen and oxygen atoms in total. The summed E-state index contributed by atoms with van der Waals surface area (Å²) < 4.78 is 32.1. The first-order valence-corrected chi connectivity index (χ1v) is 11.5. The molecule has 0 spiro atoms. The van der Waals surface area contributed by atoms with Gasteiger partial charge in [-0.15, -0.1) is 0 Å². The van der Waals surface area contributed by atoms with Crippen molar-refractivity contribution < 1.29 is 38.0 Å². The zero-order valence-electron chi connectivity index (χ0n) is 20.4. The third-order valence-electron chi connectivity index (χ3n) is 5.08. The molecule has 3 aromatic carbocycles. The summed E-state index contributed by atoms with van der Waals surface area (Å²) in [6.07, 6.45) is 0. The first kappa shape index (κ1) is 26.7. The maximum absolute atomic E-state index is 12.1. The van der Waals surface area contributed by atoms with E-state index in [4.69, 9.17) is 28.4 Å². The van der Waals surface area contributed by atoms with Gasteiger partial charge >= 0.3 is 11.9 Å². The van der Waals surface area contributed by atoms with Gasteiger partial charge in [-0.1, -0.05) is 36.4 Å². The van der Waals surface area contributed by atoms with E-state index in [9.17, 15) is 9.59 Å². The summed E-state index contributed by atoms with van der Waals surface area (Å²) in [4.78, 5) is 24.2. The van der Waals surface area contributed by atoms with Crippen LogP contribution in [0.2, 0.25) is 0 Å². The fraction of sp³-hybridized carbons (Fsp3) is 0.286. The van der Waals surface area contributed by atoms with Crippen molar-refractivity contribution in [2.45, 2.75) is 13.8 Å². The first-order chi connectivity index (χ1) is 17.5. The summed E-state index contributed by atoms with van der Waals surface area (Å²) in [6.45, 7) is 4.49. The number of esters is 2. The van der Waals surface area contributed by atoms with Gasteiger partial charge in [-0.3, -0.25) is 0 Å². The number of ether oxygens (including phenoxy) is 6. The Hall–Kier alpha value is -3.88.